The van der Waals surface area contributed by atoms with E-state index in [1.807, 2.05) is 0 Å². The quantitative estimate of drug-likeness (QED) is 0.863. The molecule has 0 aliphatic carbocycles. The number of amides is 1. The van der Waals surface area contributed by atoms with Crippen molar-refractivity contribution in [1.82, 2.24) is 25.2 Å². The molecule has 2 aliphatic heterocycles. The minimum absolute atomic E-state index is 0.0598. The highest BCUT2D eigenvalue weighted by atomic mass is 35.5. The summed E-state index contributed by atoms with van der Waals surface area (Å²) in [7, 11) is 0. The summed E-state index contributed by atoms with van der Waals surface area (Å²) < 4.78 is 0. The topological polar surface area (TPSA) is 63.1 Å². The van der Waals surface area contributed by atoms with Crippen molar-refractivity contribution in [3.05, 3.63) is 22.2 Å². The van der Waals surface area contributed by atoms with E-state index in [2.05, 4.69) is 20.4 Å². The highest BCUT2D eigenvalue weighted by Crippen LogP contribution is 2.30. The van der Waals surface area contributed by atoms with Crippen molar-refractivity contribution in [2.24, 2.45) is 5.92 Å². The van der Waals surface area contributed by atoms with E-state index in [1.165, 1.54) is 50.0 Å². The number of hydrogen-bond acceptors (Lipinski definition) is 4. The van der Waals surface area contributed by atoms with Gasteiger partial charge in [0.05, 0.1) is 10.0 Å². The summed E-state index contributed by atoms with van der Waals surface area (Å²) >= 11 is 12.0. The molecule has 1 aromatic carbocycles. The van der Waals surface area contributed by atoms with Crippen LogP contribution in [-0.4, -0.2) is 51.5 Å². The van der Waals surface area contributed by atoms with Crippen molar-refractivity contribution in [2.75, 3.05) is 19.6 Å². The molecule has 1 aromatic heterocycles. The van der Waals surface area contributed by atoms with Gasteiger partial charge >= 0.3 is 0 Å². The van der Waals surface area contributed by atoms with E-state index in [-0.39, 0.29) is 12.5 Å². The van der Waals surface area contributed by atoms with Gasteiger partial charge in [-0.15, -0.1) is 0 Å². The maximum atomic E-state index is 12.3. The van der Waals surface area contributed by atoms with Crippen LogP contribution in [0, 0.1) is 5.92 Å². The van der Waals surface area contributed by atoms with Gasteiger partial charge < -0.3 is 10.2 Å². The summed E-state index contributed by atoms with van der Waals surface area (Å²) in [4.78, 5) is 16.4. The average molecular weight is 396 g/mol. The molecule has 2 saturated heterocycles. The fourth-order valence-electron chi connectivity index (χ4n) is 4.27. The molecule has 0 spiro atoms. The van der Waals surface area contributed by atoms with E-state index in [0.717, 1.165) is 6.54 Å². The van der Waals surface area contributed by atoms with Crippen LogP contribution < -0.4 is 5.32 Å². The SMILES string of the molecule is O=C(Cn1nc2cc(Cl)c(Cl)cc2n1)NC[C@@H]1CCCN2CCCC[C@H]12. The molecule has 0 unspecified atom stereocenters. The maximum Gasteiger partial charge on any atom is 0.243 e. The number of carbonyl (C=O) groups excluding carboxylic acids is 1. The van der Waals surface area contributed by atoms with Crippen molar-refractivity contribution >= 4 is 40.1 Å². The number of nitrogens with zero attached hydrogens (tertiary/aromatic N) is 4. The standard InChI is InChI=1S/C18H23Cl2N5O/c19-13-8-15-16(9-14(13)20)23-25(22-15)11-18(26)21-10-12-4-3-7-24-6-2-1-5-17(12)24/h8-9,12,17H,1-7,10-11H2,(H,21,26)/t12-,17+/m0/s1. The molecule has 1 amide bonds. The van der Waals surface area contributed by atoms with Gasteiger partial charge in [0, 0.05) is 12.6 Å². The molecule has 0 saturated carbocycles. The van der Waals surface area contributed by atoms with E-state index >= 15 is 0 Å². The van der Waals surface area contributed by atoms with Crippen molar-refractivity contribution in [1.29, 1.82) is 0 Å². The number of carbonyl (C=O) groups is 1. The Hall–Kier alpha value is -1.37. The van der Waals surface area contributed by atoms with Gasteiger partial charge in [-0.25, -0.2) is 0 Å². The minimum atomic E-state index is -0.0598. The summed E-state index contributed by atoms with van der Waals surface area (Å²) in [6.45, 7) is 3.26. The third kappa shape index (κ3) is 3.82. The molecule has 4 rings (SSSR count). The number of hydrogen-bond donors (Lipinski definition) is 1. The molecule has 26 heavy (non-hydrogen) atoms. The van der Waals surface area contributed by atoms with Gasteiger partial charge in [0.15, 0.2) is 0 Å². The van der Waals surface area contributed by atoms with Gasteiger partial charge in [0.1, 0.15) is 17.6 Å². The smallest absolute Gasteiger partial charge is 0.243 e. The normalized spacial score (nSPS) is 23.8. The zero-order chi connectivity index (χ0) is 18.1. The maximum absolute atomic E-state index is 12.3. The Balaban J connectivity index is 1.35. The highest BCUT2D eigenvalue weighted by Gasteiger charge is 2.32. The van der Waals surface area contributed by atoms with Crippen LogP contribution in [0.25, 0.3) is 11.0 Å². The van der Waals surface area contributed by atoms with Crippen LogP contribution in [0.5, 0.6) is 0 Å². The molecule has 6 nitrogen and oxygen atoms in total. The third-order valence-corrected chi connectivity index (χ3v) is 6.26. The number of fused-ring (bicyclic) bond motifs is 2. The molecule has 0 radical (unpaired) electrons. The van der Waals surface area contributed by atoms with Crippen molar-refractivity contribution in [3.63, 3.8) is 0 Å². The largest absolute Gasteiger partial charge is 0.354 e. The Kier molecular flexibility index (Phi) is 5.34. The second-order valence-electron chi connectivity index (χ2n) is 7.29. The van der Waals surface area contributed by atoms with Gasteiger partial charge in [-0.3, -0.25) is 4.79 Å². The van der Waals surface area contributed by atoms with E-state index in [0.29, 0.717) is 33.0 Å². The molecular weight excluding hydrogens is 373 g/mol. The second-order valence-corrected chi connectivity index (χ2v) is 8.11. The van der Waals surface area contributed by atoms with Crippen molar-refractivity contribution < 1.29 is 4.79 Å². The highest BCUT2D eigenvalue weighted by molar-refractivity contribution is 6.42. The molecule has 3 heterocycles. The van der Waals surface area contributed by atoms with Crippen molar-refractivity contribution in [2.45, 2.75) is 44.7 Å². The Labute approximate surface area is 162 Å². The second kappa shape index (κ2) is 7.71. The van der Waals surface area contributed by atoms with Gasteiger partial charge in [-0.1, -0.05) is 29.6 Å². The molecule has 140 valence electrons. The summed E-state index contributed by atoms with van der Waals surface area (Å²) in [6.07, 6.45) is 6.30. The summed E-state index contributed by atoms with van der Waals surface area (Å²) in [5.74, 6) is 0.491. The number of rotatable bonds is 4. The first-order chi connectivity index (χ1) is 12.6. The first kappa shape index (κ1) is 18.0. The van der Waals surface area contributed by atoms with Crippen LogP contribution in [0.4, 0.5) is 0 Å². The molecule has 0 bridgehead atoms. The minimum Gasteiger partial charge on any atom is -0.354 e. The predicted octanol–water partition coefficient (Wildman–Crippen LogP) is 3.12. The summed E-state index contributed by atoms with van der Waals surface area (Å²) in [6, 6.07) is 3.97. The predicted molar refractivity (Wildman–Crippen MR) is 102 cm³/mol. The van der Waals surface area contributed by atoms with Gasteiger partial charge in [0.25, 0.3) is 0 Å². The number of piperidine rings is 2. The summed E-state index contributed by atoms with van der Waals surface area (Å²) in [5, 5.41) is 12.6. The van der Waals surface area contributed by atoms with E-state index in [1.54, 1.807) is 12.1 Å². The fourth-order valence-corrected chi connectivity index (χ4v) is 4.59. The van der Waals surface area contributed by atoms with Gasteiger partial charge in [0.2, 0.25) is 5.91 Å². The fraction of sp³-hybridized carbons (Fsp3) is 0.611. The lowest BCUT2D eigenvalue weighted by atomic mass is 9.83. The molecule has 8 heteroatoms. The van der Waals surface area contributed by atoms with Crippen LogP contribution >= 0.6 is 23.2 Å². The van der Waals surface area contributed by atoms with E-state index in [9.17, 15) is 4.79 Å². The lowest BCUT2D eigenvalue weighted by molar-refractivity contribution is -0.122. The average Bonchev–Trinajstić information content (AvgIpc) is 3.01. The third-order valence-electron chi connectivity index (χ3n) is 5.54. The van der Waals surface area contributed by atoms with E-state index in [4.69, 9.17) is 23.2 Å². The Bertz CT molecular complexity index is 767. The Morgan fingerprint density at radius 1 is 1.08 bits per heavy atom. The number of benzene rings is 1. The summed E-state index contributed by atoms with van der Waals surface area (Å²) in [5.41, 5.74) is 1.27. The molecule has 2 aliphatic rings. The molecule has 2 atom stereocenters. The lowest BCUT2D eigenvalue weighted by Gasteiger charge is -2.44. The lowest BCUT2D eigenvalue weighted by Crippen LogP contribution is -2.51. The van der Waals surface area contributed by atoms with E-state index < -0.39 is 0 Å². The Morgan fingerprint density at radius 3 is 2.50 bits per heavy atom. The Morgan fingerprint density at radius 2 is 1.77 bits per heavy atom. The molecular formula is C18H23Cl2N5O. The number of nitrogens with one attached hydrogen (secondary N) is 1. The van der Waals surface area contributed by atoms with Crippen molar-refractivity contribution in [3.8, 4) is 0 Å². The van der Waals surface area contributed by atoms with Crippen LogP contribution in [0.3, 0.4) is 0 Å². The first-order valence-corrected chi connectivity index (χ1v) is 10.1. The monoisotopic (exact) mass is 395 g/mol. The van der Waals surface area contributed by atoms with Crippen LogP contribution in [0.2, 0.25) is 10.0 Å². The van der Waals surface area contributed by atoms with Crippen LogP contribution in [0.1, 0.15) is 32.1 Å². The molecule has 2 aromatic rings. The van der Waals surface area contributed by atoms with Gasteiger partial charge in [-0.05, 0) is 56.8 Å². The van der Waals surface area contributed by atoms with Crippen LogP contribution in [0.15, 0.2) is 12.1 Å². The molecule has 2 fully saturated rings. The molecule has 1 N–H and O–H groups in total. The zero-order valence-corrected chi connectivity index (χ0v) is 16.1. The number of halogens is 2. The van der Waals surface area contributed by atoms with Gasteiger partial charge in [-0.2, -0.15) is 15.0 Å². The van der Waals surface area contributed by atoms with Crippen LogP contribution in [-0.2, 0) is 11.3 Å². The zero-order valence-electron chi connectivity index (χ0n) is 14.6. The first-order valence-electron chi connectivity index (χ1n) is 9.31. The number of aromatic nitrogens is 3.